The zero-order valence-corrected chi connectivity index (χ0v) is 11.6. The van der Waals surface area contributed by atoms with E-state index in [0.29, 0.717) is 0 Å². The van der Waals surface area contributed by atoms with Crippen molar-refractivity contribution >= 4 is 27.4 Å². The van der Waals surface area contributed by atoms with Crippen molar-refractivity contribution in [1.29, 1.82) is 0 Å². The Morgan fingerprint density at radius 1 is 1.14 bits per heavy atom. The molecule has 0 unspecified atom stereocenters. The molecule has 0 saturated heterocycles. The van der Waals surface area contributed by atoms with Crippen molar-refractivity contribution in [1.82, 2.24) is 4.98 Å². The number of hydrogen-bond acceptors (Lipinski definition) is 4. The maximum atomic E-state index is 12.6. The van der Waals surface area contributed by atoms with Crippen molar-refractivity contribution in [3.05, 3.63) is 48.3 Å². The van der Waals surface area contributed by atoms with Gasteiger partial charge in [-0.15, -0.1) is 0 Å². The number of anilines is 3. The molecule has 1 aromatic carbocycles. The van der Waals surface area contributed by atoms with Crippen LogP contribution < -0.4 is 10.0 Å². The fraction of sp³-hybridized carbons (Fsp3) is 0.0833. The molecular formula is C12H10F3N3O3S. The van der Waals surface area contributed by atoms with Gasteiger partial charge in [0.2, 0.25) is 0 Å². The van der Waals surface area contributed by atoms with Gasteiger partial charge in [0.15, 0.2) is 0 Å². The summed E-state index contributed by atoms with van der Waals surface area (Å²) in [7, 11) is -4.53. The van der Waals surface area contributed by atoms with Crippen molar-refractivity contribution in [3.8, 4) is 0 Å². The minimum Gasteiger partial charge on any atom is -0.354 e. The second-order valence-corrected chi connectivity index (χ2v) is 5.36. The minimum atomic E-state index is -4.53. The quantitative estimate of drug-likeness (QED) is 0.748. The van der Waals surface area contributed by atoms with Gasteiger partial charge in [-0.2, -0.15) is 21.6 Å². The number of nitrogens with one attached hydrogen (secondary N) is 2. The number of hydrogen-bond donors (Lipinski definition) is 3. The predicted octanol–water partition coefficient (Wildman–Crippen LogP) is 3.06. The normalized spacial score (nSPS) is 12.0. The van der Waals surface area contributed by atoms with Gasteiger partial charge in [0.05, 0.1) is 23.1 Å². The monoisotopic (exact) mass is 333 g/mol. The first-order chi connectivity index (χ1) is 10.1. The molecule has 0 aliphatic heterocycles. The van der Waals surface area contributed by atoms with Crippen LogP contribution in [-0.2, 0) is 16.5 Å². The van der Waals surface area contributed by atoms with Crippen LogP contribution in [0.5, 0.6) is 0 Å². The number of benzene rings is 1. The summed E-state index contributed by atoms with van der Waals surface area (Å²) in [4.78, 5) is 3.67. The second kappa shape index (κ2) is 5.81. The molecule has 1 aromatic heterocycles. The van der Waals surface area contributed by atoms with Gasteiger partial charge in [-0.05, 0) is 24.3 Å². The van der Waals surface area contributed by atoms with Gasteiger partial charge in [-0.25, -0.2) is 0 Å². The fourth-order valence-corrected chi connectivity index (χ4v) is 2.09. The van der Waals surface area contributed by atoms with E-state index in [4.69, 9.17) is 4.55 Å². The molecule has 0 atom stereocenters. The molecule has 22 heavy (non-hydrogen) atoms. The first-order valence-electron chi connectivity index (χ1n) is 5.79. The molecule has 6 nitrogen and oxygen atoms in total. The van der Waals surface area contributed by atoms with E-state index in [2.05, 4.69) is 10.3 Å². The van der Waals surface area contributed by atoms with E-state index in [9.17, 15) is 21.6 Å². The van der Waals surface area contributed by atoms with Crippen molar-refractivity contribution < 1.29 is 26.1 Å². The molecule has 0 fully saturated rings. The summed E-state index contributed by atoms with van der Waals surface area (Å²) in [6.45, 7) is 0. The highest BCUT2D eigenvalue weighted by Gasteiger charge is 2.30. The lowest BCUT2D eigenvalue weighted by Gasteiger charge is -2.13. The summed E-state index contributed by atoms with van der Waals surface area (Å²) >= 11 is 0. The SMILES string of the molecule is O=S(=O)(O)Nc1cnccc1Nc1cccc(C(F)(F)F)c1. The molecule has 0 amide bonds. The average Bonchev–Trinajstić information content (AvgIpc) is 2.39. The molecule has 3 N–H and O–H groups in total. The summed E-state index contributed by atoms with van der Waals surface area (Å²) in [5, 5.41) is 2.63. The highest BCUT2D eigenvalue weighted by atomic mass is 32.2. The van der Waals surface area contributed by atoms with Crippen LogP contribution in [0.15, 0.2) is 42.7 Å². The summed E-state index contributed by atoms with van der Waals surface area (Å²) in [5.74, 6) is 0. The third kappa shape index (κ3) is 4.33. The van der Waals surface area contributed by atoms with Gasteiger partial charge < -0.3 is 5.32 Å². The largest absolute Gasteiger partial charge is 0.416 e. The second-order valence-electron chi connectivity index (χ2n) is 4.20. The van der Waals surface area contributed by atoms with E-state index >= 15 is 0 Å². The Hall–Kier alpha value is -2.33. The molecular weight excluding hydrogens is 323 g/mol. The topological polar surface area (TPSA) is 91.3 Å². The maximum Gasteiger partial charge on any atom is 0.416 e. The average molecular weight is 333 g/mol. The number of alkyl halides is 3. The Balaban J connectivity index is 2.32. The Morgan fingerprint density at radius 2 is 1.86 bits per heavy atom. The molecule has 1 heterocycles. The lowest BCUT2D eigenvalue weighted by atomic mass is 10.2. The van der Waals surface area contributed by atoms with E-state index in [1.807, 2.05) is 0 Å². The highest BCUT2D eigenvalue weighted by Crippen LogP contribution is 2.32. The van der Waals surface area contributed by atoms with Gasteiger partial charge in [0.1, 0.15) is 0 Å². The van der Waals surface area contributed by atoms with Crippen LogP contribution in [0.1, 0.15) is 5.56 Å². The van der Waals surface area contributed by atoms with Crippen LogP contribution in [0.4, 0.5) is 30.2 Å². The Labute approximate surface area is 123 Å². The van der Waals surface area contributed by atoms with Crippen molar-refractivity contribution in [2.75, 3.05) is 10.0 Å². The van der Waals surface area contributed by atoms with Crippen LogP contribution >= 0.6 is 0 Å². The third-order valence-electron chi connectivity index (χ3n) is 2.53. The summed E-state index contributed by atoms with van der Waals surface area (Å²) < 4.78 is 70.2. The van der Waals surface area contributed by atoms with Crippen molar-refractivity contribution in [2.45, 2.75) is 6.18 Å². The smallest absolute Gasteiger partial charge is 0.354 e. The molecule has 118 valence electrons. The number of pyridine rings is 1. The van der Waals surface area contributed by atoms with Crippen molar-refractivity contribution in [2.24, 2.45) is 0 Å². The lowest BCUT2D eigenvalue weighted by Crippen LogP contribution is -2.12. The maximum absolute atomic E-state index is 12.6. The molecule has 0 saturated carbocycles. The van der Waals surface area contributed by atoms with E-state index in [1.165, 1.54) is 24.4 Å². The van der Waals surface area contributed by atoms with E-state index in [1.54, 1.807) is 4.72 Å². The van der Waals surface area contributed by atoms with Gasteiger partial charge in [0, 0.05) is 11.9 Å². The van der Waals surface area contributed by atoms with Gasteiger partial charge in [-0.3, -0.25) is 14.3 Å². The summed E-state index contributed by atoms with van der Waals surface area (Å²) in [5.41, 5.74) is -0.732. The van der Waals surface area contributed by atoms with E-state index < -0.39 is 22.0 Å². The zero-order valence-electron chi connectivity index (χ0n) is 10.8. The summed E-state index contributed by atoms with van der Waals surface area (Å²) in [6.07, 6.45) is -2.08. The van der Waals surface area contributed by atoms with E-state index in [0.717, 1.165) is 18.3 Å². The van der Waals surface area contributed by atoms with Gasteiger partial charge >= 0.3 is 16.5 Å². The molecule has 2 rings (SSSR count). The Bertz CT molecular complexity index is 778. The Kier molecular flexibility index (Phi) is 4.24. The lowest BCUT2D eigenvalue weighted by molar-refractivity contribution is -0.137. The molecule has 10 heteroatoms. The van der Waals surface area contributed by atoms with Crippen LogP contribution in [0.3, 0.4) is 0 Å². The van der Waals surface area contributed by atoms with Crippen molar-refractivity contribution in [3.63, 3.8) is 0 Å². The molecule has 2 aromatic rings. The molecule has 0 spiro atoms. The molecule has 0 bridgehead atoms. The van der Waals surface area contributed by atoms with Gasteiger partial charge in [0.25, 0.3) is 0 Å². The minimum absolute atomic E-state index is 0.0967. The predicted molar refractivity (Wildman–Crippen MR) is 74.1 cm³/mol. The summed E-state index contributed by atoms with van der Waals surface area (Å²) in [6, 6.07) is 5.72. The first-order valence-corrected chi connectivity index (χ1v) is 7.23. The van der Waals surface area contributed by atoms with E-state index in [-0.39, 0.29) is 17.1 Å². The highest BCUT2D eigenvalue weighted by molar-refractivity contribution is 7.87. The molecule has 0 radical (unpaired) electrons. The van der Waals surface area contributed by atoms with Gasteiger partial charge in [-0.1, -0.05) is 6.07 Å². The molecule has 0 aliphatic carbocycles. The number of halogens is 3. The van der Waals surface area contributed by atoms with Crippen LogP contribution in [0, 0.1) is 0 Å². The van der Waals surface area contributed by atoms with Crippen LogP contribution in [-0.4, -0.2) is 18.0 Å². The fourth-order valence-electron chi connectivity index (χ4n) is 1.65. The number of rotatable bonds is 4. The zero-order chi connectivity index (χ0) is 16.4. The van der Waals surface area contributed by atoms with Crippen LogP contribution in [0.25, 0.3) is 0 Å². The first kappa shape index (κ1) is 16.0. The molecule has 0 aliphatic rings. The Morgan fingerprint density at radius 3 is 2.50 bits per heavy atom. The number of aromatic nitrogens is 1. The number of nitrogens with zero attached hydrogens (tertiary/aromatic N) is 1. The van der Waals surface area contributed by atoms with Crippen LogP contribution in [0.2, 0.25) is 0 Å². The standard InChI is InChI=1S/C12H10F3N3O3S/c13-12(14,15)8-2-1-3-9(6-8)17-10-4-5-16-7-11(10)18-22(19,20)21/h1-7,18H,(H,16,17)(H,19,20,21). The third-order valence-corrected chi connectivity index (χ3v) is 3.01.